The summed E-state index contributed by atoms with van der Waals surface area (Å²) in [7, 11) is 0. The molecular formula is C24H24N4S. The second kappa shape index (κ2) is 8.21. The minimum atomic E-state index is 0.163. The van der Waals surface area contributed by atoms with Crippen molar-refractivity contribution in [2.75, 3.05) is 0 Å². The average Bonchev–Trinajstić information content (AvgIpc) is 3.17. The predicted octanol–water partition coefficient (Wildman–Crippen LogP) is 5.92. The third-order valence-corrected chi connectivity index (χ3v) is 5.73. The van der Waals surface area contributed by atoms with Crippen molar-refractivity contribution in [3.63, 3.8) is 0 Å². The second-order valence-electron chi connectivity index (χ2n) is 7.93. The molecule has 0 fully saturated rings. The second-order valence-corrected chi connectivity index (χ2v) is 8.87. The van der Waals surface area contributed by atoms with Gasteiger partial charge in [0.15, 0.2) is 11.0 Å². The third kappa shape index (κ3) is 4.40. The molecule has 146 valence electrons. The molecule has 0 aliphatic heterocycles. The van der Waals surface area contributed by atoms with E-state index in [0.717, 1.165) is 28.1 Å². The monoisotopic (exact) mass is 400 g/mol. The van der Waals surface area contributed by atoms with Crippen molar-refractivity contribution in [2.45, 2.75) is 37.1 Å². The smallest absolute Gasteiger partial charge is 0.196 e. The van der Waals surface area contributed by atoms with Crippen molar-refractivity contribution in [1.82, 2.24) is 19.7 Å². The van der Waals surface area contributed by atoms with E-state index in [-0.39, 0.29) is 5.41 Å². The van der Waals surface area contributed by atoms with Crippen LogP contribution in [0.5, 0.6) is 0 Å². The zero-order valence-corrected chi connectivity index (χ0v) is 17.7. The number of thioether (sulfide) groups is 1. The van der Waals surface area contributed by atoms with E-state index in [1.54, 1.807) is 18.0 Å². The summed E-state index contributed by atoms with van der Waals surface area (Å²) in [4.78, 5) is 4.47. The minimum absolute atomic E-state index is 0.163. The molecule has 0 saturated carbocycles. The number of para-hydroxylation sites is 1. The first-order chi connectivity index (χ1) is 14.0. The number of nitrogens with zero attached hydrogens (tertiary/aromatic N) is 4. The topological polar surface area (TPSA) is 43.6 Å². The fourth-order valence-corrected chi connectivity index (χ4v) is 3.99. The first-order valence-corrected chi connectivity index (χ1v) is 10.7. The number of hydrogen-bond acceptors (Lipinski definition) is 4. The van der Waals surface area contributed by atoms with Crippen LogP contribution in [0.4, 0.5) is 0 Å². The van der Waals surface area contributed by atoms with Crippen LogP contribution in [0.3, 0.4) is 0 Å². The molecule has 0 radical (unpaired) electrons. The first-order valence-electron chi connectivity index (χ1n) is 9.67. The van der Waals surface area contributed by atoms with Gasteiger partial charge in [-0.25, -0.2) is 0 Å². The number of pyridine rings is 1. The van der Waals surface area contributed by atoms with Crippen LogP contribution in [0.1, 0.15) is 31.9 Å². The van der Waals surface area contributed by atoms with Crippen molar-refractivity contribution in [3.8, 4) is 17.2 Å². The average molecular weight is 401 g/mol. The Bertz CT molecular complexity index is 1070. The van der Waals surface area contributed by atoms with E-state index in [4.69, 9.17) is 0 Å². The Hall–Kier alpha value is -2.92. The van der Waals surface area contributed by atoms with E-state index in [1.165, 1.54) is 11.1 Å². The van der Waals surface area contributed by atoms with Gasteiger partial charge in [-0.05, 0) is 40.8 Å². The van der Waals surface area contributed by atoms with Crippen LogP contribution < -0.4 is 0 Å². The lowest BCUT2D eigenvalue weighted by atomic mass is 9.87. The van der Waals surface area contributed by atoms with Crippen LogP contribution in [0.25, 0.3) is 17.2 Å². The van der Waals surface area contributed by atoms with Gasteiger partial charge in [-0.3, -0.25) is 9.55 Å². The van der Waals surface area contributed by atoms with Gasteiger partial charge in [-0.2, -0.15) is 0 Å². The lowest BCUT2D eigenvalue weighted by Crippen LogP contribution is -2.10. The molecule has 4 nitrogen and oxygen atoms in total. The normalized spacial score (nSPS) is 11.6. The van der Waals surface area contributed by atoms with Gasteiger partial charge in [-0.1, -0.05) is 81.1 Å². The fourth-order valence-electron chi connectivity index (χ4n) is 3.08. The molecule has 4 rings (SSSR count). The third-order valence-electron chi connectivity index (χ3n) is 4.73. The Balaban J connectivity index is 1.63. The lowest BCUT2D eigenvalue weighted by Gasteiger charge is -2.19. The van der Waals surface area contributed by atoms with Gasteiger partial charge in [-0.15, -0.1) is 10.2 Å². The van der Waals surface area contributed by atoms with E-state index in [1.807, 2.05) is 36.4 Å². The number of benzene rings is 2. The molecule has 0 amide bonds. The van der Waals surface area contributed by atoms with Crippen molar-refractivity contribution in [1.29, 1.82) is 0 Å². The molecule has 0 atom stereocenters. The maximum absolute atomic E-state index is 4.48. The van der Waals surface area contributed by atoms with Gasteiger partial charge >= 0.3 is 0 Å². The molecule has 0 N–H and O–H groups in total. The highest BCUT2D eigenvalue weighted by Crippen LogP contribution is 2.29. The van der Waals surface area contributed by atoms with Crippen LogP contribution in [-0.4, -0.2) is 19.7 Å². The van der Waals surface area contributed by atoms with Crippen molar-refractivity contribution in [3.05, 3.63) is 90.1 Å². The fraction of sp³-hybridized carbons (Fsp3) is 0.208. The zero-order chi connectivity index (χ0) is 20.3. The highest BCUT2D eigenvalue weighted by atomic mass is 32.2. The van der Waals surface area contributed by atoms with Gasteiger partial charge in [0.25, 0.3) is 0 Å². The van der Waals surface area contributed by atoms with Crippen molar-refractivity contribution in [2.24, 2.45) is 0 Å². The molecule has 2 heterocycles. The molecule has 2 aromatic carbocycles. The summed E-state index contributed by atoms with van der Waals surface area (Å²) >= 11 is 1.69. The SMILES string of the molecule is CC(C)(C)c1ccc(CSc2nnc(-c3ccccn3)n2-c2ccccc2)cc1. The number of rotatable bonds is 5. The number of hydrogen-bond donors (Lipinski definition) is 0. The molecule has 0 bridgehead atoms. The maximum Gasteiger partial charge on any atom is 0.196 e. The Morgan fingerprint density at radius 2 is 1.55 bits per heavy atom. The largest absolute Gasteiger partial charge is 0.269 e. The van der Waals surface area contributed by atoms with E-state index < -0.39 is 0 Å². The van der Waals surface area contributed by atoms with Gasteiger partial charge in [0.05, 0.1) is 0 Å². The molecule has 0 unspecified atom stereocenters. The Morgan fingerprint density at radius 3 is 2.21 bits per heavy atom. The first kappa shape index (κ1) is 19.4. The van der Waals surface area contributed by atoms with Gasteiger partial charge < -0.3 is 0 Å². The minimum Gasteiger partial charge on any atom is -0.269 e. The van der Waals surface area contributed by atoms with Crippen LogP contribution >= 0.6 is 11.8 Å². The van der Waals surface area contributed by atoms with Crippen LogP contribution in [0.15, 0.2) is 84.1 Å². The molecule has 2 aromatic heterocycles. The molecule has 0 spiro atoms. The summed E-state index contributed by atoms with van der Waals surface area (Å²) in [6, 6.07) is 24.9. The van der Waals surface area contributed by atoms with Crippen molar-refractivity contribution >= 4 is 11.8 Å². The lowest BCUT2D eigenvalue weighted by molar-refractivity contribution is 0.590. The maximum atomic E-state index is 4.48. The highest BCUT2D eigenvalue weighted by molar-refractivity contribution is 7.98. The van der Waals surface area contributed by atoms with E-state index >= 15 is 0 Å². The molecule has 0 aliphatic rings. The van der Waals surface area contributed by atoms with Crippen molar-refractivity contribution < 1.29 is 0 Å². The van der Waals surface area contributed by atoms with Gasteiger partial charge in [0, 0.05) is 17.6 Å². The van der Waals surface area contributed by atoms with Crippen LogP contribution in [-0.2, 0) is 11.2 Å². The summed E-state index contributed by atoms with van der Waals surface area (Å²) in [6.45, 7) is 6.70. The molecular weight excluding hydrogens is 376 g/mol. The summed E-state index contributed by atoms with van der Waals surface area (Å²) in [5.41, 5.74) is 4.62. The Labute approximate surface area is 176 Å². The summed E-state index contributed by atoms with van der Waals surface area (Å²) in [5, 5.41) is 9.79. The Kier molecular flexibility index (Phi) is 5.49. The highest BCUT2D eigenvalue weighted by Gasteiger charge is 2.17. The molecule has 4 aromatic rings. The molecule has 5 heteroatoms. The van der Waals surface area contributed by atoms with E-state index in [2.05, 4.69) is 76.9 Å². The summed E-state index contributed by atoms with van der Waals surface area (Å²) in [6.07, 6.45) is 1.78. The standard InChI is InChI=1S/C24H24N4S/c1-24(2,3)19-14-12-18(13-15-19)17-29-23-27-26-22(21-11-7-8-16-25-21)28(23)20-9-5-4-6-10-20/h4-16H,17H2,1-3H3. The molecule has 29 heavy (non-hydrogen) atoms. The van der Waals surface area contributed by atoms with Crippen LogP contribution in [0, 0.1) is 0 Å². The summed E-state index contributed by atoms with van der Waals surface area (Å²) in [5.74, 6) is 1.58. The summed E-state index contributed by atoms with van der Waals surface area (Å²) < 4.78 is 2.08. The van der Waals surface area contributed by atoms with Gasteiger partial charge in [0.1, 0.15) is 5.69 Å². The van der Waals surface area contributed by atoms with Crippen LogP contribution in [0.2, 0.25) is 0 Å². The number of aromatic nitrogens is 4. The Morgan fingerprint density at radius 1 is 0.828 bits per heavy atom. The van der Waals surface area contributed by atoms with Gasteiger partial charge in [0.2, 0.25) is 0 Å². The van der Waals surface area contributed by atoms with E-state index in [0.29, 0.717) is 0 Å². The quantitative estimate of drug-likeness (QED) is 0.390. The van der Waals surface area contributed by atoms with E-state index in [9.17, 15) is 0 Å². The zero-order valence-electron chi connectivity index (χ0n) is 16.9. The molecule has 0 aliphatic carbocycles. The molecule has 0 saturated heterocycles. The predicted molar refractivity (Wildman–Crippen MR) is 119 cm³/mol.